The lowest BCUT2D eigenvalue weighted by atomic mass is 10.1. The summed E-state index contributed by atoms with van der Waals surface area (Å²) < 4.78 is 1.93. The number of carbonyl (C=O) groups is 1. The molecule has 1 fully saturated rings. The SMILES string of the molecule is O=C(N[C@@H]1C=C[C@H](CO)C1)c1ccn(C2CCCC2)n1. The van der Waals surface area contributed by atoms with Crippen LogP contribution in [-0.2, 0) is 0 Å². The highest BCUT2D eigenvalue weighted by Gasteiger charge is 2.22. The average molecular weight is 275 g/mol. The van der Waals surface area contributed by atoms with E-state index < -0.39 is 0 Å². The van der Waals surface area contributed by atoms with Gasteiger partial charge >= 0.3 is 0 Å². The molecule has 0 aromatic carbocycles. The first-order chi connectivity index (χ1) is 9.76. The molecular formula is C15H21N3O2. The average Bonchev–Trinajstić information content (AvgIpc) is 3.19. The maximum absolute atomic E-state index is 12.1. The molecule has 0 saturated heterocycles. The molecule has 108 valence electrons. The van der Waals surface area contributed by atoms with Crippen molar-refractivity contribution < 1.29 is 9.90 Å². The number of hydrogen-bond donors (Lipinski definition) is 2. The molecule has 2 atom stereocenters. The zero-order valence-electron chi connectivity index (χ0n) is 11.5. The van der Waals surface area contributed by atoms with E-state index in [0.29, 0.717) is 11.7 Å². The minimum atomic E-state index is -0.130. The highest BCUT2D eigenvalue weighted by molar-refractivity contribution is 5.92. The van der Waals surface area contributed by atoms with Crippen LogP contribution in [0.1, 0.15) is 48.6 Å². The summed E-state index contributed by atoms with van der Waals surface area (Å²) in [6, 6.07) is 2.26. The Bertz CT molecular complexity index is 503. The fraction of sp³-hybridized carbons (Fsp3) is 0.600. The van der Waals surface area contributed by atoms with Crippen LogP contribution in [0.3, 0.4) is 0 Å². The van der Waals surface area contributed by atoms with Gasteiger partial charge in [-0.05, 0) is 25.3 Å². The number of nitrogens with zero attached hydrogens (tertiary/aromatic N) is 2. The van der Waals surface area contributed by atoms with Crippen molar-refractivity contribution in [2.24, 2.45) is 5.92 Å². The number of amides is 1. The lowest BCUT2D eigenvalue weighted by Gasteiger charge is -2.12. The lowest BCUT2D eigenvalue weighted by molar-refractivity contribution is 0.0935. The monoisotopic (exact) mass is 275 g/mol. The Hall–Kier alpha value is -1.62. The molecule has 2 N–H and O–H groups in total. The van der Waals surface area contributed by atoms with Crippen molar-refractivity contribution in [3.05, 3.63) is 30.1 Å². The fourth-order valence-corrected chi connectivity index (χ4v) is 3.09. The molecule has 1 saturated carbocycles. The predicted molar refractivity (Wildman–Crippen MR) is 75.3 cm³/mol. The van der Waals surface area contributed by atoms with Crippen molar-refractivity contribution in [2.45, 2.75) is 44.2 Å². The fourth-order valence-electron chi connectivity index (χ4n) is 3.09. The molecule has 2 aliphatic carbocycles. The summed E-state index contributed by atoms with van der Waals surface area (Å²) in [6.07, 6.45) is 11.4. The van der Waals surface area contributed by atoms with E-state index in [1.165, 1.54) is 12.8 Å². The van der Waals surface area contributed by atoms with E-state index in [1.807, 2.05) is 23.0 Å². The molecule has 5 nitrogen and oxygen atoms in total. The Labute approximate surface area is 118 Å². The lowest BCUT2D eigenvalue weighted by Crippen LogP contribution is -2.33. The van der Waals surface area contributed by atoms with Gasteiger partial charge < -0.3 is 10.4 Å². The van der Waals surface area contributed by atoms with E-state index >= 15 is 0 Å². The molecule has 1 aromatic heterocycles. The largest absolute Gasteiger partial charge is 0.396 e. The van der Waals surface area contributed by atoms with Crippen LogP contribution in [0, 0.1) is 5.92 Å². The third kappa shape index (κ3) is 2.77. The molecule has 0 bridgehead atoms. The van der Waals surface area contributed by atoms with Gasteiger partial charge in [0.2, 0.25) is 0 Å². The number of rotatable bonds is 4. The molecule has 20 heavy (non-hydrogen) atoms. The van der Waals surface area contributed by atoms with Crippen LogP contribution in [0.25, 0.3) is 0 Å². The number of aliphatic hydroxyl groups is 1. The molecule has 0 unspecified atom stereocenters. The molecule has 1 aromatic rings. The molecule has 1 heterocycles. The maximum Gasteiger partial charge on any atom is 0.272 e. The summed E-state index contributed by atoms with van der Waals surface area (Å²) >= 11 is 0. The summed E-state index contributed by atoms with van der Waals surface area (Å²) in [4.78, 5) is 12.1. The standard InChI is InChI=1S/C15H21N3O2/c19-10-11-5-6-12(9-11)16-15(20)14-7-8-18(17-14)13-3-1-2-4-13/h5-8,11-13,19H,1-4,9-10H2,(H,16,20)/t11-,12+/m0/s1. The summed E-state index contributed by atoms with van der Waals surface area (Å²) in [5.74, 6) is 0.0336. The van der Waals surface area contributed by atoms with E-state index in [4.69, 9.17) is 5.11 Å². The van der Waals surface area contributed by atoms with Gasteiger partial charge in [-0.2, -0.15) is 5.10 Å². The second-order valence-electron chi connectivity index (χ2n) is 5.76. The van der Waals surface area contributed by atoms with Gasteiger partial charge in [0, 0.05) is 24.8 Å². The van der Waals surface area contributed by atoms with Crippen LogP contribution in [0.2, 0.25) is 0 Å². The molecule has 0 radical (unpaired) electrons. The second kappa shape index (κ2) is 5.79. The summed E-state index contributed by atoms with van der Waals surface area (Å²) in [7, 11) is 0. The van der Waals surface area contributed by atoms with Crippen LogP contribution in [0.15, 0.2) is 24.4 Å². The van der Waals surface area contributed by atoms with Gasteiger partial charge in [-0.25, -0.2) is 0 Å². The van der Waals surface area contributed by atoms with E-state index in [-0.39, 0.29) is 24.5 Å². The third-order valence-electron chi connectivity index (χ3n) is 4.26. The molecule has 3 rings (SSSR count). The molecule has 2 aliphatic rings. The van der Waals surface area contributed by atoms with Crippen molar-refractivity contribution in [3.8, 4) is 0 Å². The van der Waals surface area contributed by atoms with E-state index in [9.17, 15) is 4.79 Å². The van der Waals surface area contributed by atoms with Crippen LogP contribution >= 0.6 is 0 Å². The van der Waals surface area contributed by atoms with Gasteiger partial charge in [0.05, 0.1) is 6.04 Å². The van der Waals surface area contributed by atoms with Crippen LogP contribution in [-0.4, -0.2) is 33.4 Å². The summed E-state index contributed by atoms with van der Waals surface area (Å²) in [5, 5.41) is 16.4. The van der Waals surface area contributed by atoms with Crippen molar-refractivity contribution >= 4 is 5.91 Å². The van der Waals surface area contributed by atoms with Crippen LogP contribution in [0.4, 0.5) is 0 Å². The minimum absolute atomic E-state index is 0.0104. The quantitative estimate of drug-likeness (QED) is 0.821. The predicted octanol–water partition coefficient (Wildman–Crippen LogP) is 1.66. The second-order valence-corrected chi connectivity index (χ2v) is 5.76. The Morgan fingerprint density at radius 2 is 2.20 bits per heavy atom. The number of carbonyl (C=O) groups excluding carboxylic acids is 1. The van der Waals surface area contributed by atoms with Crippen molar-refractivity contribution in [2.75, 3.05) is 6.61 Å². The van der Waals surface area contributed by atoms with E-state index in [1.54, 1.807) is 6.07 Å². The van der Waals surface area contributed by atoms with E-state index in [0.717, 1.165) is 19.3 Å². The number of nitrogens with one attached hydrogen (secondary N) is 1. The number of hydrogen-bond acceptors (Lipinski definition) is 3. The Kier molecular flexibility index (Phi) is 3.87. The first-order valence-corrected chi connectivity index (χ1v) is 7.41. The van der Waals surface area contributed by atoms with Gasteiger partial charge in [0.1, 0.15) is 5.69 Å². The Morgan fingerprint density at radius 3 is 2.90 bits per heavy atom. The summed E-state index contributed by atoms with van der Waals surface area (Å²) in [5.41, 5.74) is 0.484. The molecule has 1 amide bonds. The van der Waals surface area contributed by atoms with Crippen molar-refractivity contribution in [1.29, 1.82) is 0 Å². The van der Waals surface area contributed by atoms with Crippen molar-refractivity contribution in [3.63, 3.8) is 0 Å². The highest BCUT2D eigenvalue weighted by atomic mass is 16.3. The van der Waals surface area contributed by atoms with Gasteiger partial charge in [-0.15, -0.1) is 0 Å². The molecule has 5 heteroatoms. The zero-order valence-corrected chi connectivity index (χ0v) is 11.5. The maximum atomic E-state index is 12.1. The Morgan fingerprint density at radius 1 is 1.40 bits per heavy atom. The number of aliphatic hydroxyl groups excluding tert-OH is 1. The van der Waals surface area contributed by atoms with Gasteiger partial charge in [-0.3, -0.25) is 9.48 Å². The van der Waals surface area contributed by atoms with Crippen molar-refractivity contribution in [1.82, 2.24) is 15.1 Å². The number of aromatic nitrogens is 2. The topological polar surface area (TPSA) is 67.2 Å². The van der Waals surface area contributed by atoms with E-state index in [2.05, 4.69) is 10.4 Å². The van der Waals surface area contributed by atoms with Gasteiger partial charge in [0.25, 0.3) is 5.91 Å². The third-order valence-corrected chi connectivity index (χ3v) is 4.26. The molecule has 0 aliphatic heterocycles. The smallest absolute Gasteiger partial charge is 0.272 e. The normalized spacial score (nSPS) is 26.2. The molecule has 0 spiro atoms. The van der Waals surface area contributed by atoms with Crippen LogP contribution < -0.4 is 5.32 Å². The minimum Gasteiger partial charge on any atom is -0.396 e. The first kappa shape index (κ1) is 13.4. The molecular weight excluding hydrogens is 254 g/mol. The highest BCUT2D eigenvalue weighted by Crippen LogP contribution is 2.28. The van der Waals surface area contributed by atoms with Gasteiger partial charge in [-0.1, -0.05) is 25.0 Å². The summed E-state index contributed by atoms with van der Waals surface area (Å²) in [6.45, 7) is 0.138. The zero-order chi connectivity index (χ0) is 13.9. The van der Waals surface area contributed by atoms with Gasteiger partial charge in [0.15, 0.2) is 0 Å². The Balaban J connectivity index is 1.59. The van der Waals surface area contributed by atoms with Crippen LogP contribution in [0.5, 0.6) is 0 Å². The first-order valence-electron chi connectivity index (χ1n) is 7.41.